The Morgan fingerprint density at radius 3 is 2.84 bits per heavy atom. The van der Waals surface area contributed by atoms with E-state index in [-0.39, 0.29) is 12.1 Å². The van der Waals surface area contributed by atoms with Crippen LogP contribution < -0.4 is 10.2 Å². The van der Waals surface area contributed by atoms with Crippen molar-refractivity contribution in [3.8, 4) is 0 Å². The molecule has 0 saturated carbocycles. The average Bonchev–Trinajstić information content (AvgIpc) is 2.46. The molecule has 106 valence electrons. The van der Waals surface area contributed by atoms with Gasteiger partial charge in [0.15, 0.2) is 0 Å². The molecule has 0 saturated heterocycles. The van der Waals surface area contributed by atoms with Gasteiger partial charge in [0, 0.05) is 23.8 Å². The van der Waals surface area contributed by atoms with Gasteiger partial charge in [-0.25, -0.2) is 0 Å². The zero-order valence-electron chi connectivity index (χ0n) is 12.3. The van der Waals surface area contributed by atoms with E-state index < -0.39 is 0 Å². The first-order chi connectivity index (χ1) is 9.09. The van der Waals surface area contributed by atoms with E-state index in [4.69, 9.17) is 0 Å². The van der Waals surface area contributed by atoms with Crippen molar-refractivity contribution in [2.75, 3.05) is 25.1 Å². The Balaban J connectivity index is 2.11. The fourth-order valence-electron chi connectivity index (χ4n) is 2.75. The smallest absolute Gasteiger partial charge is 0.0611 e. The monoisotopic (exact) mass is 262 g/mol. The predicted octanol–water partition coefficient (Wildman–Crippen LogP) is 2.19. The van der Waals surface area contributed by atoms with E-state index in [9.17, 15) is 5.11 Å². The molecule has 3 nitrogen and oxygen atoms in total. The first-order valence-corrected chi connectivity index (χ1v) is 7.24. The van der Waals surface area contributed by atoms with Crippen molar-refractivity contribution < 1.29 is 5.11 Å². The number of aliphatic hydroxyl groups excluding tert-OH is 1. The molecule has 0 aliphatic carbocycles. The van der Waals surface area contributed by atoms with Crippen molar-refractivity contribution in [3.05, 3.63) is 29.8 Å². The SMILES string of the molecule is CNC(C)(CO)CCN1c2ccccc2CCC1C. The quantitative estimate of drug-likeness (QED) is 0.854. The first kappa shape index (κ1) is 14.4. The van der Waals surface area contributed by atoms with Crippen LogP contribution >= 0.6 is 0 Å². The highest BCUT2D eigenvalue weighted by molar-refractivity contribution is 5.56. The number of hydrogen-bond donors (Lipinski definition) is 2. The number of likely N-dealkylation sites (N-methyl/N-ethyl adjacent to an activating group) is 1. The zero-order valence-corrected chi connectivity index (χ0v) is 12.3. The number of aryl methyl sites for hydroxylation is 1. The van der Waals surface area contributed by atoms with E-state index in [2.05, 4.69) is 48.3 Å². The van der Waals surface area contributed by atoms with Crippen LogP contribution in [-0.2, 0) is 6.42 Å². The van der Waals surface area contributed by atoms with Crippen molar-refractivity contribution in [2.45, 2.75) is 44.7 Å². The minimum atomic E-state index is -0.188. The Morgan fingerprint density at radius 1 is 1.42 bits per heavy atom. The number of nitrogens with one attached hydrogen (secondary N) is 1. The van der Waals surface area contributed by atoms with Crippen LogP contribution in [0.5, 0.6) is 0 Å². The molecular formula is C16H26N2O. The molecular weight excluding hydrogens is 236 g/mol. The maximum atomic E-state index is 9.49. The van der Waals surface area contributed by atoms with Crippen molar-refractivity contribution in [1.82, 2.24) is 5.32 Å². The minimum Gasteiger partial charge on any atom is -0.394 e. The van der Waals surface area contributed by atoms with Crippen LogP contribution in [0.25, 0.3) is 0 Å². The lowest BCUT2D eigenvalue weighted by molar-refractivity contribution is 0.174. The summed E-state index contributed by atoms with van der Waals surface area (Å²) in [5.74, 6) is 0. The molecule has 1 aliphatic heterocycles. The van der Waals surface area contributed by atoms with Crippen molar-refractivity contribution in [3.63, 3.8) is 0 Å². The number of nitrogens with zero attached hydrogens (tertiary/aromatic N) is 1. The van der Waals surface area contributed by atoms with Crippen LogP contribution in [-0.4, -0.2) is 36.9 Å². The maximum Gasteiger partial charge on any atom is 0.0611 e. The van der Waals surface area contributed by atoms with Gasteiger partial charge < -0.3 is 15.3 Å². The van der Waals surface area contributed by atoms with Gasteiger partial charge in [0.05, 0.1) is 6.61 Å². The van der Waals surface area contributed by atoms with Crippen LogP contribution in [0.1, 0.15) is 32.3 Å². The summed E-state index contributed by atoms with van der Waals surface area (Å²) in [5.41, 5.74) is 2.64. The topological polar surface area (TPSA) is 35.5 Å². The lowest BCUT2D eigenvalue weighted by Gasteiger charge is -2.39. The minimum absolute atomic E-state index is 0.174. The van der Waals surface area contributed by atoms with Crippen LogP contribution in [0.15, 0.2) is 24.3 Å². The summed E-state index contributed by atoms with van der Waals surface area (Å²) in [7, 11) is 1.92. The molecule has 0 spiro atoms. The third kappa shape index (κ3) is 3.10. The summed E-state index contributed by atoms with van der Waals surface area (Å²) in [6.07, 6.45) is 3.34. The molecule has 2 unspecified atom stereocenters. The normalized spacial score (nSPS) is 21.9. The Kier molecular flexibility index (Phi) is 4.48. The van der Waals surface area contributed by atoms with Crippen molar-refractivity contribution in [1.29, 1.82) is 0 Å². The van der Waals surface area contributed by atoms with Crippen molar-refractivity contribution in [2.24, 2.45) is 0 Å². The largest absolute Gasteiger partial charge is 0.394 e. The fourth-order valence-corrected chi connectivity index (χ4v) is 2.75. The third-order valence-corrected chi connectivity index (χ3v) is 4.52. The van der Waals surface area contributed by atoms with Crippen LogP contribution in [0.2, 0.25) is 0 Å². The molecule has 0 radical (unpaired) electrons. The Hall–Kier alpha value is -1.06. The van der Waals surface area contributed by atoms with Gasteiger partial charge in [-0.2, -0.15) is 0 Å². The molecule has 0 aromatic heterocycles. The maximum absolute atomic E-state index is 9.49. The first-order valence-electron chi connectivity index (χ1n) is 7.24. The van der Waals surface area contributed by atoms with Gasteiger partial charge in [-0.05, 0) is 51.8 Å². The van der Waals surface area contributed by atoms with Crippen molar-refractivity contribution >= 4 is 5.69 Å². The summed E-state index contributed by atoms with van der Waals surface area (Å²) in [4.78, 5) is 2.49. The van der Waals surface area contributed by atoms with Gasteiger partial charge >= 0.3 is 0 Å². The number of para-hydroxylation sites is 1. The highest BCUT2D eigenvalue weighted by Crippen LogP contribution is 2.31. The number of benzene rings is 1. The third-order valence-electron chi connectivity index (χ3n) is 4.52. The molecule has 1 aliphatic rings. The second-order valence-corrected chi connectivity index (χ2v) is 5.93. The summed E-state index contributed by atoms with van der Waals surface area (Å²) in [5, 5.41) is 12.7. The number of aliphatic hydroxyl groups is 1. The second-order valence-electron chi connectivity index (χ2n) is 5.93. The zero-order chi connectivity index (χ0) is 13.9. The summed E-state index contributed by atoms with van der Waals surface area (Å²) in [6, 6.07) is 9.28. The Labute approximate surface area is 116 Å². The lowest BCUT2D eigenvalue weighted by atomic mass is 9.94. The summed E-state index contributed by atoms with van der Waals surface area (Å²) >= 11 is 0. The number of fused-ring (bicyclic) bond motifs is 1. The molecule has 3 heteroatoms. The molecule has 2 atom stereocenters. The second kappa shape index (κ2) is 5.93. The highest BCUT2D eigenvalue weighted by Gasteiger charge is 2.26. The molecule has 0 bridgehead atoms. The average molecular weight is 262 g/mol. The molecule has 2 rings (SSSR count). The molecule has 0 fully saturated rings. The standard InChI is InChI=1S/C16H26N2O/c1-13-8-9-14-6-4-5-7-15(14)18(13)11-10-16(2,12-19)17-3/h4-7,13,17,19H,8-12H2,1-3H3. The van der Waals surface area contributed by atoms with E-state index in [1.807, 2.05) is 7.05 Å². The lowest BCUT2D eigenvalue weighted by Crippen LogP contribution is -2.48. The molecule has 1 heterocycles. The molecule has 19 heavy (non-hydrogen) atoms. The van der Waals surface area contributed by atoms with E-state index in [1.165, 1.54) is 24.1 Å². The van der Waals surface area contributed by atoms with Gasteiger partial charge in [-0.1, -0.05) is 18.2 Å². The van der Waals surface area contributed by atoms with Gasteiger partial charge in [-0.15, -0.1) is 0 Å². The van der Waals surface area contributed by atoms with Gasteiger partial charge in [0.1, 0.15) is 0 Å². The van der Waals surface area contributed by atoms with E-state index >= 15 is 0 Å². The number of hydrogen-bond acceptors (Lipinski definition) is 3. The summed E-state index contributed by atoms with van der Waals surface area (Å²) in [6.45, 7) is 5.53. The Morgan fingerprint density at radius 2 is 2.16 bits per heavy atom. The van der Waals surface area contributed by atoms with E-state index in [0.717, 1.165) is 13.0 Å². The van der Waals surface area contributed by atoms with Crippen LogP contribution in [0.3, 0.4) is 0 Å². The van der Waals surface area contributed by atoms with E-state index in [1.54, 1.807) is 0 Å². The molecule has 1 aromatic rings. The molecule has 2 N–H and O–H groups in total. The van der Waals surface area contributed by atoms with Gasteiger partial charge in [0.2, 0.25) is 0 Å². The Bertz CT molecular complexity index is 415. The van der Waals surface area contributed by atoms with Gasteiger partial charge in [-0.3, -0.25) is 0 Å². The highest BCUT2D eigenvalue weighted by atomic mass is 16.3. The number of rotatable bonds is 5. The van der Waals surface area contributed by atoms with Gasteiger partial charge in [0.25, 0.3) is 0 Å². The fraction of sp³-hybridized carbons (Fsp3) is 0.625. The molecule has 1 aromatic carbocycles. The van der Waals surface area contributed by atoms with E-state index in [0.29, 0.717) is 6.04 Å². The van der Waals surface area contributed by atoms with Crippen LogP contribution in [0, 0.1) is 0 Å². The van der Waals surface area contributed by atoms with Crippen LogP contribution in [0.4, 0.5) is 5.69 Å². The summed E-state index contributed by atoms with van der Waals surface area (Å²) < 4.78 is 0. The number of anilines is 1. The predicted molar refractivity (Wildman–Crippen MR) is 80.7 cm³/mol. The molecule has 0 amide bonds.